The van der Waals surface area contributed by atoms with Gasteiger partial charge >= 0.3 is 0 Å². The van der Waals surface area contributed by atoms with Crippen molar-refractivity contribution in [3.63, 3.8) is 0 Å². The molecular formula is C29H47N3O2. The van der Waals surface area contributed by atoms with E-state index in [2.05, 4.69) is 62.9 Å². The van der Waals surface area contributed by atoms with Gasteiger partial charge in [0.1, 0.15) is 5.75 Å². The van der Waals surface area contributed by atoms with Crippen molar-refractivity contribution in [1.29, 1.82) is 0 Å². The summed E-state index contributed by atoms with van der Waals surface area (Å²) in [6, 6.07) is 8.47. The molecule has 34 heavy (non-hydrogen) atoms. The van der Waals surface area contributed by atoms with Crippen molar-refractivity contribution in [3.05, 3.63) is 35.9 Å². The summed E-state index contributed by atoms with van der Waals surface area (Å²) < 4.78 is 6.13. The van der Waals surface area contributed by atoms with E-state index in [0.29, 0.717) is 11.8 Å². The summed E-state index contributed by atoms with van der Waals surface area (Å²) in [5.41, 5.74) is 8.74. The molecule has 1 aromatic rings. The maximum atomic E-state index is 13.0. The molecule has 0 spiro atoms. The predicted octanol–water partition coefficient (Wildman–Crippen LogP) is 5.78. The van der Waals surface area contributed by atoms with Crippen LogP contribution < -0.4 is 15.4 Å². The predicted molar refractivity (Wildman–Crippen MR) is 142 cm³/mol. The number of benzene rings is 1. The van der Waals surface area contributed by atoms with E-state index in [0.717, 1.165) is 51.3 Å². The summed E-state index contributed by atoms with van der Waals surface area (Å²) in [5, 5.41) is 0. The first kappa shape index (κ1) is 26.6. The van der Waals surface area contributed by atoms with Crippen LogP contribution in [0.5, 0.6) is 5.75 Å². The number of nitrogens with zero attached hydrogens (tertiary/aromatic N) is 2. The van der Waals surface area contributed by atoms with Gasteiger partial charge in [0.2, 0.25) is 5.91 Å². The van der Waals surface area contributed by atoms with Gasteiger partial charge in [-0.1, -0.05) is 44.8 Å². The van der Waals surface area contributed by atoms with Crippen LogP contribution >= 0.6 is 0 Å². The first-order chi connectivity index (χ1) is 16.3. The van der Waals surface area contributed by atoms with Crippen molar-refractivity contribution in [2.24, 2.45) is 17.6 Å². The number of hydrogen-bond donors (Lipinski definition) is 1. The van der Waals surface area contributed by atoms with Gasteiger partial charge in [-0.25, -0.2) is 0 Å². The molecule has 1 aliphatic heterocycles. The molecule has 1 amide bonds. The van der Waals surface area contributed by atoms with Crippen LogP contribution in [0, 0.1) is 11.8 Å². The van der Waals surface area contributed by atoms with E-state index < -0.39 is 6.04 Å². The highest BCUT2D eigenvalue weighted by molar-refractivity contribution is 5.81. The number of hydrogen-bond acceptors (Lipinski definition) is 4. The average molecular weight is 470 g/mol. The zero-order chi connectivity index (χ0) is 24.5. The summed E-state index contributed by atoms with van der Waals surface area (Å²) in [7, 11) is 0. The maximum Gasteiger partial charge on any atom is 0.239 e. The number of anilines is 1. The third kappa shape index (κ3) is 8.04. The first-order valence-electron chi connectivity index (χ1n) is 13.5. The van der Waals surface area contributed by atoms with E-state index in [4.69, 9.17) is 10.5 Å². The molecule has 0 aromatic heterocycles. The smallest absolute Gasteiger partial charge is 0.239 e. The SMILES string of the molecule is CC(C)=CCN(c1ccc(OCC2CCCCC2)cc1)C1CCCN(C(=O)C(N)CC(C)C)C1. The second-order valence-corrected chi connectivity index (χ2v) is 11.1. The summed E-state index contributed by atoms with van der Waals surface area (Å²) >= 11 is 0. The molecule has 0 bridgehead atoms. The molecular weight excluding hydrogens is 422 g/mol. The topological polar surface area (TPSA) is 58.8 Å². The number of amides is 1. The minimum Gasteiger partial charge on any atom is -0.493 e. The molecule has 2 N–H and O–H groups in total. The van der Waals surface area contributed by atoms with Gasteiger partial charge in [-0.05, 0) is 82.1 Å². The molecule has 5 heteroatoms. The Balaban J connectivity index is 1.66. The highest BCUT2D eigenvalue weighted by Crippen LogP contribution is 2.28. The van der Waals surface area contributed by atoms with Crippen molar-refractivity contribution in [2.75, 3.05) is 31.1 Å². The number of likely N-dealkylation sites (tertiary alicyclic amines) is 1. The molecule has 1 heterocycles. The monoisotopic (exact) mass is 469 g/mol. The van der Waals surface area contributed by atoms with Gasteiger partial charge < -0.3 is 20.3 Å². The number of carbonyl (C=O) groups excluding carboxylic acids is 1. The second kappa shape index (κ2) is 13.2. The molecule has 1 aliphatic carbocycles. The number of nitrogens with two attached hydrogens (primary N) is 1. The lowest BCUT2D eigenvalue weighted by atomic mass is 9.90. The van der Waals surface area contributed by atoms with Crippen LogP contribution in [0.15, 0.2) is 35.9 Å². The number of carbonyl (C=O) groups is 1. The van der Waals surface area contributed by atoms with Crippen LogP contribution in [0.3, 0.4) is 0 Å². The molecule has 2 fully saturated rings. The third-order valence-electron chi connectivity index (χ3n) is 7.27. The molecule has 1 aromatic carbocycles. The highest BCUT2D eigenvalue weighted by atomic mass is 16.5. The van der Waals surface area contributed by atoms with Gasteiger partial charge in [-0.15, -0.1) is 0 Å². The van der Waals surface area contributed by atoms with E-state index in [1.165, 1.54) is 43.4 Å². The molecule has 1 saturated heterocycles. The van der Waals surface area contributed by atoms with Gasteiger partial charge in [0.25, 0.3) is 0 Å². The van der Waals surface area contributed by atoms with Crippen LogP contribution in [0.2, 0.25) is 0 Å². The van der Waals surface area contributed by atoms with E-state index in [1.807, 2.05) is 4.90 Å². The number of allylic oxidation sites excluding steroid dienone is 1. The molecule has 2 atom stereocenters. The maximum absolute atomic E-state index is 13.0. The minimum absolute atomic E-state index is 0.104. The highest BCUT2D eigenvalue weighted by Gasteiger charge is 2.30. The second-order valence-electron chi connectivity index (χ2n) is 11.1. The van der Waals surface area contributed by atoms with Crippen molar-refractivity contribution in [1.82, 2.24) is 4.90 Å². The molecule has 3 rings (SSSR count). The lowest BCUT2D eigenvalue weighted by molar-refractivity contribution is -0.134. The van der Waals surface area contributed by atoms with Crippen LogP contribution in [0.4, 0.5) is 5.69 Å². The first-order valence-corrected chi connectivity index (χ1v) is 13.5. The Morgan fingerprint density at radius 1 is 1.12 bits per heavy atom. The summed E-state index contributed by atoms with van der Waals surface area (Å²) in [6.07, 6.45) is 11.8. The quantitative estimate of drug-likeness (QED) is 0.441. The van der Waals surface area contributed by atoms with E-state index in [1.54, 1.807) is 0 Å². The zero-order valence-electron chi connectivity index (χ0n) is 22.0. The van der Waals surface area contributed by atoms with Gasteiger partial charge in [-0.3, -0.25) is 4.79 Å². The van der Waals surface area contributed by atoms with Crippen molar-refractivity contribution in [3.8, 4) is 5.75 Å². The molecule has 190 valence electrons. The number of piperidine rings is 1. The van der Waals surface area contributed by atoms with Gasteiger partial charge in [0.15, 0.2) is 0 Å². The Bertz CT molecular complexity index is 779. The Morgan fingerprint density at radius 2 is 1.82 bits per heavy atom. The summed E-state index contributed by atoms with van der Waals surface area (Å²) in [5.74, 6) is 2.19. The van der Waals surface area contributed by atoms with Crippen molar-refractivity contribution in [2.45, 2.75) is 91.1 Å². The number of ether oxygens (including phenoxy) is 1. The van der Waals surface area contributed by atoms with Gasteiger partial charge in [0, 0.05) is 31.4 Å². The largest absolute Gasteiger partial charge is 0.493 e. The third-order valence-corrected chi connectivity index (χ3v) is 7.27. The normalized spacial score (nSPS) is 20.2. The summed E-state index contributed by atoms with van der Waals surface area (Å²) in [4.78, 5) is 17.5. The van der Waals surface area contributed by atoms with E-state index in [-0.39, 0.29) is 11.9 Å². The van der Waals surface area contributed by atoms with Crippen LogP contribution in [0.25, 0.3) is 0 Å². The standard InChI is InChI=1S/C29H47N3O2/c1-22(2)16-18-32(26-11-8-17-31(20-26)29(33)28(30)19-23(3)4)25-12-14-27(15-13-25)34-21-24-9-6-5-7-10-24/h12-16,23-24,26,28H,5-11,17-21,30H2,1-4H3. The van der Waals surface area contributed by atoms with E-state index in [9.17, 15) is 4.79 Å². The summed E-state index contributed by atoms with van der Waals surface area (Å²) in [6.45, 7) is 11.7. The zero-order valence-corrected chi connectivity index (χ0v) is 22.0. The van der Waals surface area contributed by atoms with E-state index >= 15 is 0 Å². The van der Waals surface area contributed by atoms with Gasteiger partial charge in [0.05, 0.1) is 12.6 Å². The minimum atomic E-state index is -0.398. The lowest BCUT2D eigenvalue weighted by Gasteiger charge is -2.41. The van der Waals surface area contributed by atoms with Crippen molar-refractivity contribution < 1.29 is 9.53 Å². The molecule has 1 saturated carbocycles. The lowest BCUT2D eigenvalue weighted by Crippen LogP contribution is -2.54. The Labute approximate surface area is 207 Å². The van der Waals surface area contributed by atoms with Crippen LogP contribution in [0.1, 0.15) is 79.1 Å². The van der Waals surface area contributed by atoms with Gasteiger partial charge in [-0.2, -0.15) is 0 Å². The fourth-order valence-corrected chi connectivity index (χ4v) is 5.30. The Hall–Kier alpha value is -2.01. The fourth-order valence-electron chi connectivity index (χ4n) is 5.30. The Kier molecular flexibility index (Phi) is 10.3. The average Bonchev–Trinajstić information content (AvgIpc) is 2.83. The number of rotatable bonds is 10. The fraction of sp³-hybridized carbons (Fsp3) is 0.690. The molecule has 2 aliphatic rings. The Morgan fingerprint density at radius 3 is 2.47 bits per heavy atom. The van der Waals surface area contributed by atoms with Crippen LogP contribution in [-0.4, -0.2) is 49.1 Å². The molecule has 2 unspecified atom stereocenters. The molecule has 5 nitrogen and oxygen atoms in total. The molecule has 0 radical (unpaired) electrons. The van der Waals surface area contributed by atoms with Crippen LogP contribution in [-0.2, 0) is 4.79 Å². The van der Waals surface area contributed by atoms with Crippen molar-refractivity contribution >= 4 is 11.6 Å².